The Morgan fingerprint density at radius 3 is 2.41 bits per heavy atom. The van der Waals surface area contributed by atoms with E-state index in [9.17, 15) is 0 Å². The average Bonchev–Trinajstić information content (AvgIpc) is 2.50. The summed E-state index contributed by atoms with van der Waals surface area (Å²) in [7, 11) is 2.00. The molecule has 0 unspecified atom stereocenters. The number of hydrogen-bond acceptors (Lipinski definition) is 1. The van der Waals surface area contributed by atoms with Gasteiger partial charge in [0.05, 0.1) is 17.0 Å². The standard InChI is InChI=1S/C19H23ClN2/c1-5-22(4)13-21-18-11-15(3)10-17(19(18)20)12-16-8-6-14(2)7-9-16/h6-11,13H,5,12H2,1-4H3/b21-13-. The van der Waals surface area contributed by atoms with Crippen molar-refractivity contribution in [2.75, 3.05) is 13.6 Å². The van der Waals surface area contributed by atoms with Gasteiger partial charge in [-0.15, -0.1) is 0 Å². The molecule has 22 heavy (non-hydrogen) atoms. The summed E-state index contributed by atoms with van der Waals surface area (Å²) >= 11 is 6.56. The molecule has 0 aromatic heterocycles. The molecule has 2 aromatic carbocycles. The quantitative estimate of drug-likeness (QED) is 0.550. The highest BCUT2D eigenvalue weighted by molar-refractivity contribution is 6.33. The molecule has 0 amide bonds. The van der Waals surface area contributed by atoms with Gasteiger partial charge < -0.3 is 4.90 Å². The van der Waals surface area contributed by atoms with E-state index in [-0.39, 0.29) is 0 Å². The fraction of sp³-hybridized carbons (Fsp3) is 0.316. The first-order valence-electron chi connectivity index (χ1n) is 7.58. The molecule has 0 radical (unpaired) electrons. The highest BCUT2D eigenvalue weighted by atomic mass is 35.5. The molecule has 0 bridgehead atoms. The zero-order valence-corrected chi connectivity index (χ0v) is 14.5. The largest absolute Gasteiger partial charge is 0.366 e. The van der Waals surface area contributed by atoms with Crippen LogP contribution < -0.4 is 0 Å². The third-order valence-electron chi connectivity index (χ3n) is 3.68. The Bertz CT molecular complexity index is 660. The van der Waals surface area contributed by atoms with Crippen LogP contribution in [0.5, 0.6) is 0 Å². The minimum absolute atomic E-state index is 0.743. The normalized spacial score (nSPS) is 11.1. The third kappa shape index (κ3) is 4.35. The van der Waals surface area contributed by atoms with E-state index in [0.717, 1.165) is 29.2 Å². The van der Waals surface area contributed by atoms with Crippen LogP contribution >= 0.6 is 11.6 Å². The van der Waals surface area contributed by atoms with E-state index < -0.39 is 0 Å². The number of hydrogen-bond donors (Lipinski definition) is 0. The van der Waals surface area contributed by atoms with E-state index in [1.165, 1.54) is 16.7 Å². The molecule has 0 saturated carbocycles. The van der Waals surface area contributed by atoms with Crippen LogP contribution in [0.25, 0.3) is 0 Å². The Morgan fingerprint density at radius 2 is 1.77 bits per heavy atom. The summed E-state index contributed by atoms with van der Waals surface area (Å²) in [5.41, 5.74) is 5.67. The Morgan fingerprint density at radius 1 is 1.09 bits per heavy atom. The van der Waals surface area contributed by atoms with Crippen molar-refractivity contribution in [3.8, 4) is 0 Å². The predicted molar refractivity (Wildman–Crippen MR) is 96.6 cm³/mol. The van der Waals surface area contributed by atoms with Crippen LogP contribution in [0.1, 0.15) is 29.2 Å². The van der Waals surface area contributed by atoms with Crippen LogP contribution in [-0.4, -0.2) is 24.8 Å². The first-order valence-corrected chi connectivity index (χ1v) is 7.96. The lowest BCUT2D eigenvalue weighted by Crippen LogP contribution is -2.14. The minimum atomic E-state index is 0.743. The van der Waals surface area contributed by atoms with Gasteiger partial charge in [-0.1, -0.05) is 47.5 Å². The number of rotatable bonds is 5. The van der Waals surface area contributed by atoms with Gasteiger partial charge in [0.1, 0.15) is 0 Å². The van der Waals surface area contributed by atoms with Gasteiger partial charge in [0, 0.05) is 13.6 Å². The molecule has 2 nitrogen and oxygen atoms in total. The van der Waals surface area contributed by atoms with Gasteiger partial charge in [-0.05, 0) is 49.9 Å². The maximum atomic E-state index is 6.56. The van der Waals surface area contributed by atoms with Crippen LogP contribution in [0.3, 0.4) is 0 Å². The van der Waals surface area contributed by atoms with Crippen molar-refractivity contribution in [1.29, 1.82) is 0 Å². The minimum Gasteiger partial charge on any atom is -0.366 e. The van der Waals surface area contributed by atoms with Gasteiger partial charge in [0.15, 0.2) is 0 Å². The van der Waals surface area contributed by atoms with Crippen molar-refractivity contribution in [3.63, 3.8) is 0 Å². The molecule has 0 aliphatic heterocycles. The summed E-state index contributed by atoms with van der Waals surface area (Å²) < 4.78 is 0. The molecule has 0 fully saturated rings. The monoisotopic (exact) mass is 314 g/mol. The molecule has 2 rings (SSSR count). The first kappa shape index (κ1) is 16.6. The molecule has 0 heterocycles. The van der Waals surface area contributed by atoms with Crippen molar-refractivity contribution in [2.24, 2.45) is 4.99 Å². The third-order valence-corrected chi connectivity index (χ3v) is 4.12. The summed E-state index contributed by atoms with van der Waals surface area (Å²) in [6, 6.07) is 12.7. The van der Waals surface area contributed by atoms with E-state index in [0.29, 0.717) is 0 Å². The molecule has 3 heteroatoms. The van der Waals surface area contributed by atoms with Crippen LogP contribution in [0.15, 0.2) is 41.4 Å². The summed E-state index contributed by atoms with van der Waals surface area (Å²) in [6.07, 6.45) is 2.66. The fourth-order valence-corrected chi connectivity index (χ4v) is 2.44. The van der Waals surface area contributed by atoms with E-state index in [1.807, 2.05) is 24.4 Å². The van der Waals surface area contributed by atoms with E-state index >= 15 is 0 Å². The maximum Gasteiger partial charge on any atom is 0.0910 e. The van der Waals surface area contributed by atoms with E-state index in [2.05, 4.69) is 56.1 Å². The molecule has 0 atom stereocenters. The Balaban J connectivity index is 2.30. The van der Waals surface area contributed by atoms with Gasteiger partial charge in [-0.2, -0.15) is 0 Å². The van der Waals surface area contributed by atoms with Crippen LogP contribution in [0.4, 0.5) is 5.69 Å². The summed E-state index contributed by atoms with van der Waals surface area (Å²) in [5.74, 6) is 0. The zero-order chi connectivity index (χ0) is 16.1. The number of nitrogens with zero attached hydrogens (tertiary/aromatic N) is 2. The highest BCUT2D eigenvalue weighted by Gasteiger charge is 2.08. The van der Waals surface area contributed by atoms with Gasteiger partial charge in [0.2, 0.25) is 0 Å². The lowest BCUT2D eigenvalue weighted by atomic mass is 10.0. The van der Waals surface area contributed by atoms with E-state index in [1.54, 1.807) is 0 Å². The van der Waals surface area contributed by atoms with Crippen molar-refractivity contribution < 1.29 is 0 Å². The number of halogens is 1. The molecule has 0 aliphatic carbocycles. The Kier molecular flexibility index (Phi) is 5.62. The fourth-order valence-electron chi connectivity index (χ4n) is 2.21. The van der Waals surface area contributed by atoms with Crippen molar-refractivity contribution in [3.05, 3.63) is 63.7 Å². The maximum absolute atomic E-state index is 6.56. The van der Waals surface area contributed by atoms with Crippen molar-refractivity contribution >= 4 is 23.6 Å². The summed E-state index contributed by atoms with van der Waals surface area (Å²) in [6.45, 7) is 7.19. The summed E-state index contributed by atoms with van der Waals surface area (Å²) in [5, 5.41) is 0.743. The highest BCUT2D eigenvalue weighted by Crippen LogP contribution is 2.31. The molecule has 0 spiro atoms. The Hall–Kier alpha value is -1.80. The van der Waals surface area contributed by atoms with Gasteiger partial charge in [-0.25, -0.2) is 4.99 Å². The van der Waals surface area contributed by atoms with Crippen LogP contribution in [-0.2, 0) is 6.42 Å². The first-order chi connectivity index (χ1) is 10.5. The molecule has 0 saturated heterocycles. The summed E-state index contributed by atoms with van der Waals surface area (Å²) in [4.78, 5) is 6.55. The number of aliphatic imine (C=N–C) groups is 1. The molecule has 0 N–H and O–H groups in total. The van der Waals surface area contributed by atoms with E-state index in [4.69, 9.17) is 11.6 Å². The zero-order valence-electron chi connectivity index (χ0n) is 13.7. The number of benzene rings is 2. The van der Waals surface area contributed by atoms with Crippen LogP contribution in [0, 0.1) is 13.8 Å². The molecular formula is C19H23ClN2. The molecule has 2 aromatic rings. The van der Waals surface area contributed by atoms with Crippen molar-refractivity contribution in [2.45, 2.75) is 27.2 Å². The predicted octanol–water partition coefficient (Wildman–Crippen LogP) is 5.16. The molecular weight excluding hydrogens is 292 g/mol. The second-order valence-electron chi connectivity index (χ2n) is 5.74. The topological polar surface area (TPSA) is 15.6 Å². The molecule has 0 aliphatic rings. The van der Waals surface area contributed by atoms with Gasteiger partial charge in [-0.3, -0.25) is 0 Å². The lowest BCUT2D eigenvalue weighted by molar-refractivity contribution is 0.552. The average molecular weight is 315 g/mol. The second kappa shape index (κ2) is 7.46. The van der Waals surface area contributed by atoms with Gasteiger partial charge in [0.25, 0.3) is 0 Å². The van der Waals surface area contributed by atoms with Crippen molar-refractivity contribution in [1.82, 2.24) is 4.90 Å². The smallest absolute Gasteiger partial charge is 0.0910 e. The second-order valence-corrected chi connectivity index (χ2v) is 6.12. The lowest BCUT2D eigenvalue weighted by Gasteiger charge is -2.11. The Labute approximate surface area is 138 Å². The van der Waals surface area contributed by atoms with Gasteiger partial charge >= 0.3 is 0 Å². The molecule has 116 valence electrons. The van der Waals surface area contributed by atoms with Crippen LogP contribution in [0.2, 0.25) is 5.02 Å². The SMILES string of the molecule is CCN(C)/C=N\c1cc(C)cc(Cc2ccc(C)cc2)c1Cl. The number of aryl methyl sites for hydroxylation is 2.